The number of rotatable bonds is 0. The second-order valence-electron chi connectivity index (χ2n) is 7.50. The van der Waals surface area contributed by atoms with Crippen molar-refractivity contribution >= 4 is 10.8 Å². The van der Waals surface area contributed by atoms with E-state index in [4.69, 9.17) is 0 Å². The van der Waals surface area contributed by atoms with Crippen LogP contribution in [0.2, 0.25) is 0 Å². The van der Waals surface area contributed by atoms with E-state index < -0.39 is 0 Å². The van der Waals surface area contributed by atoms with E-state index in [1.807, 2.05) is 91.0 Å². The van der Waals surface area contributed by atoms with Crippen molar-refractivity contribution in [1.82, 2.24) is 0 Å². The monoisotopic (exact) mass is 464 g/mol. The Morgan fingerprint density at radius 2 is 0.848 bits per heavy atom. The molecular formula is C32H32Ti. The molecule has 0 amide bonds. The van der Waals surface area contributed by atoms with Gasteiger partial charge in [0.05, 0.1) is 0 Å². The molecule has 0 unspecified atom stereocenters. The van der Waals surface area contributed by atoms with Crippen LogP contribution in [0.15, 0.2) is 121 Å². The third kappa shape index (κ3) is 10.8. The summed E-state index contributed by atoms with van der Waals surface area (Å²) < 4.78 is 0. The Bertz CT molecular complexity index is 1050. The summed E-state index contributed by atoms with van der Waals surface area (Å²) in [7, 11) is 0. The fraction of sp³-hybridized carbons (Fsp3) is 0.0625. The summed E-state index contributed by atoms with van der Waals surface area (Å²) in [6.07, 6.45) is 0. The van der Waals surface area contributed by atoms with Crippen molar-refractivity contribution in [2.75, 3.05) is 0 Å². The molecule has 0 atom stereocenters. The van der Waals surface area contributed by atoms with Crippen LogP contribution in [0.25, 0.3) is 10.8 Å². The Hall–Kier alpha value is -3.19. The Morgan fingerprint density at radius 1 is 0.515 bits per heavy atom. The van der Waals surface area contributed by atoms with Crippen molar-refractivity contribution in [2.24, 2.45) is 0 Å². The van der Waals surface area contributed by atoms with Crippen molar-refractivity contribution in [3.05, 3.63) is 170 Å². The van der Waals surface area contributed by atoms with Crippen molar-refractivity contribution in [3.63, 3.8) is 0 Å². The summed E-state index contributed by atoms with van der Waals surface area (Å²) in [5.41, 5.74) is 6.03. The van der Waals surface area contributed by atoms with Crippen LogP contribution in [0.4, 0.5) is 0 Å². The summed E-state index contributed by atoms with van der Waals surface area (Å²) in [6.45, 7) is 15.5. The van der Waals surface area contributed by atoms with Gasteiger partial charge in [-0.3, -0.25) is 0 Å². The van der Waals surface area contributed by atoms with E-state index in [0.717, 1.165) is 16.7 Å². The minimum atomic E-state index is 0. The van der Waals surface area contributed by atoms with Crippen LogP contribution in [0.5, 0.6) is 0 Å². The van der Waals surface area contributed by atoms with Gasteiger partial charge in [-0.2, -0.15) is 79.9 Å². The smallest absolute Gasteiger partial charge is 0.199 e. The van der Waals surface area contributed by atoms with Gasteiger partial charge in [0.2, 0.25) is 0 Å². The predicted octanol–water partition coefficient (Wildman–Crippen LogP) is 8.78. The van der Waals surface area contributed by atoms with Crippen molar-refractivity contribution in [1.29, 1.82) is 0 Å². The maximum Gasteiger partial charge on any atom is 4.00 e. The van der Waals surface area contributed by atoms with Crippen LogP contribution in [0.1, 0.15) is 27.8 Å². The van der Waals surface area contributed by atoms with E-state index in [2.05, 4.69) is 65.0 Å². The van der Waals surface area contributed by atoms with Crippen LogP contribution < -0.4 is 0 Å². The zero-order valence-electron chi connectivity index (χ0n) is 19.7. The second-order valence-corrected chi connectivity index (χ2v) is 7.50. The van der Waals surface area contributed by atoms with Gasteiger partial charge in [-0.1, -0.05) is 38.1 Å². The number of benzene rings is 4. The first-order chi connectivity index (χ1) is 15.5. The van der Waals surface area contributed by atoms with Crippen molar-refractivity contribution in [3.8, 4) is 0 Å². The molecule has 0 aliphatic heterocycles. The van der Waals surface area contributed by atoms with Crippen LogP contribution in [-0.4, -0.2) is 0 Å². The molecule has 33 heavy (non-hydrogen) atoms. The average molecular weight is 464 g/mol. The molecule has 164 valence electrons. The number of aryl methyl sites for hydroxylation is 2. The number of hydrogen-bond donors (Lipinski definition) is 0. The van der Waals surface area contributed by atoms with Crippen LogP contribution in [0, 0.1) is 34.6 Å². The number of fused-ring (bicyclic) bond motifs is 1. The average Bonchev–Trinajstić information content (AvgIpc) is 3.10. The van der Waals surface area contributed by atoms with Crippen molar-refractivity contribution in [2.45, 2.75) is 13.8 Å². The maximum absolute atomic E-state index is 3.72. The Morgan fingerprint density at radius 3 is 1.15 bits per heavy atom. The van der Waals surface area contributed by atoms with E-state index in [1.165, 1.54) is 21.9 Å². The normalized spacial score (nSPS) is 9.03. The first-order valence-electron chi connectivity index (χ1n) is 10.7. The molecule has 5 rings (SSSR count). The largest absolute Gasteiger partial charge is 4.00 e. The second kappa shape index (κ2) is 15.6. The first-order valence-corrected chi connectivity index (χ1v) is 10.7. The fourth-order valence-electron chi connectivity index (χ4n) is 2.95. The van der Waals surface area contributed by atoms with Crippen LogP contribution in [-0.2, 0) is 21.7 Å². The minimum absolute atomic E-state index is 0. The first kappa shape index (κ1) is 27.8. The molecule has 0 saturated heterocycles. The molecule has 5 aromatic carbocycles. The van der Waals surface area contributed by atoms with E-state index >= 15 is 0 Å². The van der Waals surface area contributed by atoms with Gasteiger partial charge >= 0.3 is 21.7 Å². The molecule has 0 N–H and O–H groups in total. The van der Waals surface area contributed by atoms with Crippen molar-refractivity contribution < 1.29 is 21.7 Å². The van der Waals surface area contributed by atoms with E-state index in [1.54, 1.807) is 0 Å². The standard InChI is InChI=1S/C11H11.3C7H7.Ti/c1-8-7-10-5-3-4-6-11(10)9(8)2;3*1-7-5-3-2-4-6-7;/h3-7H,1-2H3;3*2-6H,1H2;/q4*-1;+4. The third-order valence-electron chi connectivity index (χ3n) is 4.86. The van der Waals surface area contributed by atoms with Crippen LogP contribution in [0.3, 0.4) is 0 Å². The van der Waals surface area contributed by atoms with Gasteiger partial charge in [-0.15, -0.1) is 76.5 Å². The summed E-state index contributed by atoms with van der Waals surface area (Å²) >= 11 is 0. The molecular weight excluding hydrogens is 432 g/mol. The molecule has 0 bridgehead atoms. The van der Waals surface area contributed by atoms with Gasteiger partial charge in [-0.25, -0.2) is 0 Å². The van der Waals surface area contributed by atoms with Gasteiger partial charge in [0.25, 0.3) is 0 Å². The van der Waals surface area contributed by atoms with Gasteiger partial charge in [0.15, 0.2) is 0 Å². The van der Waals surface area contributed by atoms with E-state index in [0.29, 0.717) is 0 Å². The molecule has 0 aliphatic carbocycles. The zero-order valence-corrected chi connectivity index (χ0v) is 21.2. The van der Waals surface area contributed by atoms with Gasteiger partial charge in [0, 0.05) is 0 Å². The molecule has 0 saturated carbocycles. The summed E-state index contributed by atoms with van der Waals surface area (Å²) in [6, 6.07) is 40.4. The minimum Gasteiger partial charge on any atom is -0.199 e. The fourth-order valence-corrected chi connectivity index (χ4v) is 2.95. The molecule has 0 aliphatic rings. The molecule has 0 heterocycles. The van der Waals surface area contributed by atoms with E-state index in [9.17, 15) is 0 Å². The Labute approximate surface area is 215 Å². The van der Waals surface area contributed by atoms with Gasteiger partial charge in [-0.05, 0) is 0 Å². The predicted molar refractivity (Wildman–Crippen MR) is 142 cm³/mol. The summed E-state index contributed by atoms with van der Waals surface area (Å²) in [4.78, 5) is 0. The molecule has 0 fully saturated rings. The summed E-state index contributed by atoms with van der Waals surface area (Å²) in [5, 5.41) is 2.76. The Kier molecular flexibility index (Phi) is 13.2. The molecule has 5 aromatic rings. The topological polar surface area (TPSA) is 0 Å². The SMILES string of the molecule is Cc1cc2ccccc2[c-]1C.[CH2-]c1ccccc1.[CH2-]c1ccccc1.[CH2-]c1ccccc1.[Ti+4]. The molecule has 1 heteroatoms. The molecule has 0 spiro atoms. The van der Waals surface area contributed by atoms with E-state index in [-0.39, 0.29) is 21.7 Å². The number of hydrogen-bond acceptors (Lipinski definition) is 0. The quantitative estimate of drug-likeness (QED) is 0.159. The molecule has 0 nitrogen and oxygen atoms in total. The third-order valence-corrected chi connectivity index (χ3v) is 4.86. The zero-order chi connectivity index (χ0) is 23.2. The maximum atomic E-state index is 3.72. The molecule has 0 radical (unpaired) electrons. The van der Waals surface area contributed by atoms with Gasteiger partial charge in [0.1, 0.15) is 0 Å². The van der Waals surface area contributed by atoms with Crippen LogP contribution >= 0.6 is 0 Å². The molecule has 0 aromatic heterocycles. The Balaban J connectivity index is 0.000000223. The summed E-state index contributed by atoms with van der Waals surface area (Å²) in [5.74, 6) is 0. The van der Waals surface area contributed by atoms with Gasteiger partial charge < -0.3 is 0 Å².